The summed E-state index contributed by atoms with van der Waals surface area (Å²) in [7, 11) is 0. The van der Waals surface area contributed by atoms with E-state index in [0.29, 0.717) is 0 Å². The van der Waals surface area contributed by atoms with E-state index >= 15 is 0 Å². The van der Waals surface area contributed by atoms with Crippen LogP contribution in [-0.2, 0) is 0 Å². The summed E-state index contributed by atoms with van der Waals surface area (Å²) in [6.07, 6.45) is 10.7. The van der Waals surface area contributed by atoms with E-state index in [4.69, 9.17) is 4.74 Å². The molecule has 17 heavy (non-hydrogen) atoms. The molecule has 0 atom stereocenters. The lowest BCUT2D eigenvalue weighted by molar-refractivity contribution is 0.303. The molecule has 0 N–H and O–H groups in total. The van der Waals surface area contributed by atoms with Gasteiger partial charge in [-0.25, -0.2) is 0 Å². The van der Waals surface area contributed by atoms with Crippen LogP contribution in [0.3, 0.4) is 0 Å². The van der Waals surface area contributed by atoms with Gasteiger partial charge in [0.1, 0.15) is 5.75 Å². The lowest BCUT2D eigenvalue weighted by atomic mass is 10.1. The van der Waals surface area contributed by atoms with Crippen molar-refractivity contribution in [3.05, 3.63) is 30.3 Å². The Labute approximate surface area is 106 Å². The minimum Gasteiger partial charge on any atom is -0.493 e. The molecule has 1 aromatic rings. The van der Waals surface area contributed by atoms with Gasteiger partial charge in [-0.2, -0.15) is 0 Å². The van der Waals surface area contributed by atoms with Crippen molar-refractivity contribution in [1.82, 2.24) is 0 Å². The molecule has 2 radical (unpaired) electrons. The van der Waals surface area contributed by atoms with E-state index in [-0.39, 0.29) is 0 Å². The molecule has 94 valence electrons. The van der Waals surface area contributed by atoms with Gasteiger partial charge >= 0.3 is 0 Å². The summed E-state index contributed by atoms with van der Waals surface area (Å²) in [5.74, 6) is 0.815. The molecule has 1 aromatic carbocycles. The molecule has 0 spiro atoms. The second kappa shape index (κ2) is 10.2. The SMILES string of the molecule is CCCCCCCCCCOc1[c]cc[c]c1. The van der Waals surface area contributed by atoms with Crippen molar-refractivity contribution in [2.75, 3.05) is 6.61 Å². The molecule has 0 aliphatic heterocycles. The zero-order valence-corrected chi connectivity index (χ0v) is 11.0. The zero-order valence-electron chi connectivity index (χ0n) is 11.0. The Bertz CT molecular complexity index is 255. The van der Waals surface area contributed by atoms with E-state index in [1.165, 1.54) is 44.9 Å². The third-order valence-corrected chi connectivity index (χ3v) is 2.88. The number of unbranched alkanes of at least 4 members (excludes halogenated alkanes) is 7. The molecule has 0 saturated carbocycles. The lowest BCUT2D eigenvalue weighted by Gasteiger charge is -2.05. The summed E-state index contributed by atoms with van der Waals surface area (Å²) in [6, 6.07) is 11.5. The summed E-state index contributed by atoms with van der Waals surface area (Å²) in [5, 5.41) is 0. The van der Waals surface area contributed by atoms with Gasteiger partial charge in [-0.3, -0.25) is 0 Å². The van der Waals surface area contributed by atoms with Crippen molar-refractivity contribution < 1.29 is 4.74 Å². The van der Waals surface area contributed by atoms with Crippen LogP contribution in [0.2, 0.25) is 0 Å². The van der Waals surface area contributed by atoms with Crippen molar-refractivity contribution in [1.29, 1.82) is 0 Å². The Kier molecular flexibility index (Phi) is 8.44. The molecule has 1 nitrogen and oxygen atoms in total. The Balaban J connectivity index is 1.85. The van der Waals surface area contributed by atoms with Gasteiger partial charge in [-0.05, 0) is 24.6 Å². The van der Waals surface area contributed by atoms with Gasteiger partial charge in [0.25, 0.3) is 0 Å². The van der Waals surface area contributed by atoms with Gasteiger partial charge in [0.05, 0.1) is 6.61 Å². The molecule has 0 aromatic heterocycles. The van der Waals surface area contributed by atoms with Crippen LogP contribution < -0.4 is 4.74 Å². The van der Waals surface area contributed by atoms with Crippen LogP contribution in [0.1, 0.15) is 58.3 Å². The predicted molar refractivity (Wildman–Crippen MR) is 72.2 cm³/mol. The van der Waals surface area contributed by atoms with E-state index in [2.05, 4.69) is 19.1 Å². The Hall–Kier alpha value is -0.980. The average Bonchev–Trinajstić information content (AvgIpc) is 2.38. The Morgan fingerprint density at radius 1 is 0.941 bits per heavy atom. The highest BCUT2D eigenvalue weighted by Gasteiger charge is 1.93. The molecule has 0 aliphatic rings. The number of hydrogen-bond donors (Lipinski definition) is 0. The van der Waals surface area contributed by atoms with E-state index in [1.54, 1.807) is 0 Å². The highest BCUT2D eigenvalue weighted by Crippen LogP contribution is 2.10. The van der Waals surface area contributed by atoms with Crippen molar-refractivity contribution in [2.24, 2.45) is 0 Å². The van der Waals surface area contributed by atoms with Crippen molar-refractivity contribution in [3.8, 4) is 5.75 Å². The quantitative estimate of drug-likeness (QED) is 0.526. The molecule has 0 aliphatic carbocycles. The highest BCUT2D eigenvalue weighted by atomic mass is 16.5. The minimum atomic E-state index is 0.809. The molecule has 0 fully saturated rings. The summed E-state index contributed by atoms with van der Waals surface area (Å²) in [6.45, 7) is 3.07. The maximum absolute atomic E-state index is 5.56. The summed E-state index contributed by atoms with van der Waals surface area (Å²) >= 11 is 0. The fraction of sp³-hybridized carbons (Fsp3) is 0.625. The van der Waals surface area contributed by atoms with Crippen molar-refractivity contribution in [3.63, 3.8) is 0 Å². The third-order valence-electron chi connectivity index (χ3n) is 2.88. The van der Waals surface area contributed by atoms with E-state index in [9.17, 15) is 0 Å². The average molecular weight is 232 g/mol. The van der Waals surface area contributed by atoms with Crippen LogP contribution in [-0.4, -0.2) is 6.61 Å². The second-order valence-corrected chi connectivity index (χ2v) is 4.48. The smallest absolute Gasteiger partial charge is 0.127 e. The van der Waals surface area contributed by atoms with E-state index in [1.807, 2.05) is 18.2 Å². The molecular weight excluding hydrogens is 208 g/mol. The van der Waals surface area contributed by atoms with Gasteiger partial charge in [0.15, 0.2) is 0 Å². The molecule has 0 unspecified atom stereocenters. The summed E-state index contributed by atoms with van der Waals surface area (Å²) in [5.41, 5.74) is 0. The highest BCUT2D eigenvalue weighted by molar-refractivity contribution is 5.18. The molecule has 0 heterocycles. The predicted octanol–water partition coefficient (Wildman–Crippen LogP) is 4.81. The number of rotatable bonds is 10. The van der Waals surface area contributed by atoms with Gasteiger partial charge in [0.2, 0.25) is 0 Å². The van der Waals surface area contributed by atoms with Crippen LogP contribution >= 0.6 is 0 Å². The van der Waals surface area contributed by atoms with Gasteiger partial charge in [-0.15, -0.1) is 0 Å². The molecule has 0 bridgehead atoms. The second-order valence-electron chi connectivity index (χ2n) is 4.48. The van der Waals surface area contributed by atoms with Gasteiger partial charge < -0.3 is 4.74 Å². The summed E-state index contributed by atoms with van der Waals surface area (Å²) in [4.78, 5) is 0. The van der Waals surface area contributed by atoms with Crippen LogP contribution in [0.15, 0.2) is 18.2 Å². The fourth-order valence-electron chi connectivity index (χ4n) is 1.84. The van der Waals surface area contributed by atoms with Crippen molar-refractivity contribution >= 4 is 0 Å². The Morgan fingerprint density at radius 3 is 2.29 bits per heavy atom. The standard InChI is InChI=1S/C16H24O/c1-2-3-4-5-6-7-8-12-15-17-16-13-10-9-11-14-16/h9-10,14H,2-8,12,15H2,1H3. The maximum Gasteiger partial charge on any atom is 0.127 e. The van der Waals surface area contributed by atoms with Crippen molar-refractivity contribution in [2.45, 2.75) is 58.3 Å². The third kappa shape index (κ3) is 7.84. The van der Waals surface area contributed by atoms with E-state index in [0.717, 1.165) is 18.8 Å². The first-order chi connectivity index (χ1) is 8.43. The largest absolute Gasteiger partial charge is 0.493 e. The first-order valence-corrected chi connectivity index (χ1v) is 6.94. The van der Waals surface area contributed by atoms with Crippen LogP contribution in [0, 0.1) is 12.1 Å². The monoisotopic (exact) mass is 232 g/mol. The lowest BCUT2D eigenvalue weighted by Crippen LogP contribution is -1.97. The Morgan fingerprint density at radius 2 is 1.65 bits per heavy atom. The zero-order chi connectivity index (χ0) is 12.2. The fourth-order valence-corrected chi connectivity index (χ4v) is 1.84. The first kappa shape index (κ1) is 14.1. The van der Waals surface area contributed by atoms with Crippen LogP contribution in [0.4, 0.5) is 0 Å². The normalized spacial score (nSPS) is 10.4. The first-order valence-electron chi connectivity index (χ1n) is 6.94. The van der Waals surface area contributed by atoms with Gasteiger partial charge in [-0.1, -0.05) is 57.9 Å². The van der Waals surface area contributed by atoms with Gasteiger partial charge in [0, 0.05) is 6.07 Å². The number of benzene rings is 1. The topological polar surface area (TPSA) is 9.23 Å². The van der Waals surface area contributed by atoms with Crippen LogP contribution in [0.25, 0.3) is 0 Å². The molecule has 1 rings (SSSR count). The number of hydrogen-bond acceptors (Lipinski definition) is 1. The minimum absolute atomic E-state index is 0.809. The van der Waals surface area contributed by atoms with E-state index < -0.39 is 0 Å². The summed E-state index contributed by atoms with van der Waals surface area (Å²) < 4.78 is 5.56. The molecule has 0 amide bonds. The molecular formula is C16H24O. The molecule has 0 saturated heterocycles. The molecule has 1 heteroatoms. The number of ether oxygens (including phenoxy) is 1. The van der Waals surface area contributed by atoms with Crippen LogP contribution in [0.5, 0.6) is 5.75 Å². The maximum atomic E-state index is 5.56.